The number of hydrogen-bond acceptors (Lipinski definition) is 2. The van der Waals surface area contributed by atoms with Crippen LogP contribution >= 0.6 is 15.9 Å². The van der Waals surface area contributed by atoms with E-state index in [0.717, 1.165) is 0 Å². The second-order valence-electron chi connectivity index (χ2n) is 2.29. The predicted octanol–water partition coefficient (Wildman–Crippen LogP) is 1.91. The van der Waals surface area contributed by atoms with Crippen molar-refractivity contribution in [2.24, 2.45) is 0 Å². The van der Waals surface area contributed by atoms with E-state index in [1.807, 2.05) is 0 Å². The lowest BCUT2D eigenvalue weighted by molar-refractivity contribution is -0.136. The first-order valence-corrected chi connectivity index (χ1v) is 4.18. The molecule has 0 aliphatic heterocycles. The van der Waals surface area contributed by atoms with Gasteiger partial charge in [0.05, 0.1) is 0 Å². The Hall–Kier alpha value is -1.03. The van der Waals surface area contributed by atoms with Crippen molar-refractivity contribution < 1.29 is 15.0 Å². The van der Waals surface area contributed by atoms with E-state index in [-0.39, 0.29) is 5.75 Å². The summed E-state index contributed by atoms with van der Waals surface area (Å²) in [6.07, 6.45) is 0. The van der Waals surface area contributed by atoms with E-state index in [4.69, 9.17) is 10.2 Å². The Morgan fingerprint density at radius 1 is 1.33 bits per heavy atom. The van der Waals surface area contributed by atoms with Gasteiger partial charge in [0.15, 0.2) is 0 Å². The van der Waals surface area contributed by atoms with Gasteiger partial charge in [-0.2, -0.15) is 0 Å². The Balaban J connectivity index is 2.89. The first-order valence-electron chi connectivity index (χ1n) is 3.27. The standard InChI is InChI=1S/C8H7BrO3/c9-7(8(11)12)5-1-3-6(10)4-2-5/h1-4,7,10H,(H,11,12). The Morgan fingerprint density at radius 2 is 1.83 bits per heavy atom. The van der Waals surface area contributed by atoms with Crippen LogP contribution in [0.3, 0.4) is 0 Å². The zero-order valence-electron chi connectivity index (χ0n) is 6.07. The fourth-order valence-electron chi connectivity index (χ4n) is 0.786. The number of alkyl halides is 1. The van der Waals surface area contributed by atoms with E-state index in [1.54, 1.807) is 12.1 Å². The first kappa shape index (κ1) is 9.06. The summed E-state index contributed by atoms with van der Waals surface area (Å²) in [5.41, 5.74) is 0.611. The molecule has 4 heteroatoms. The molecule has 1 aromatic rings. The fourth-order valence-corrected chi connectivity index (χ4v) is 1.09. The fraction of sp³-hybridized carbons (Fsp3) is 0.125. The summed E-state index contributed by atoms with van der Waals surface area (Å²) >= 11 is 2.99. The summed E-state index contributed by atoms with van der Waals surface area (Å²) in [6.45, 7) is 0. The maximum atomic E-state index is 10.5. The van der Waals surface area contributed by atoms with Crippen molar-refractivity contribution >= 4 is 21.9 Å². The van der Waals surface area contributed by atoms with Crippen LogP contribution in [-0.4, -0.2) is 16.2 Å². The molecule has 1 aromatic carbocycles. The molecule has 3 nitrogen and oxygen atoms in total. The SMILES string of the molecule is O=C(O)C(Br)c1ccc(O)cc1. The Bertz CT molecular complexity index is 281. The van der Waals surface area contributed by atoms with E-state index < -0.39 is 10.8 Å². The third kappa shape index (κ3) is 1.98. The zero-order chi connectivity index (χ0) is 9.14. The van der Waals surface area contributed by atoms with Crippen molar-refractivity contribution in [1.29, 1.82) is 0 Å². The van der Waals surface area contributed by atoms with Gasteiger partial charge in [0, 0.05) is 0 Å². The van der Waals surface area contributed by atoms with Gasteiger partial charge in [-0.3, -0.25) is 4.79 Å². The Kier molecular flexibility index (Phi) is 2.70. The number of carboxylic acid groups (broad SMARTS) is 1. The second-order valence-corrected chi connectivity index (χ2v) is 3.21. The van der Waals surface area contributed by atoms with Gasteiger partial charge in [-0.25, -0.2) is 0 Å². The third-order valence-electron chi connectivity index (χ3n) is 1.40. The Labute approximate surface area is 77.8 Å². The number of rotatable bonds is 2. The van der Waals surface area contributed by atoms with E-state index in [9.17, 15) is 4.79 Å². The van der Waals surface area contributed by atoms with E-state index in [0.29, 0.717) is 5.56 Å². The Morgan fingerprint density at radius 3 is 2.25 bits per heavy atom. The van der Waals surface area contributed by atoms with Crippen molar-refractivity contribution in [3.8, 4) is 5.75 Å². The van der Waals surface area contributed by atoms with Crippen molar-refractivity contribution in [2.75, 3.05) is 0 Å². The zero-order valence-corrected chi connectivity index (χ0v) is 7.65. The molecule has 12 heavy (non-hydrogen) atoms. The molecule has 1 atom stereocenters. The molecular formula is C8H7BrO3. The normalized spacial score (nSPS) is 12.4. The molecule has 64 valence electrons. The minimum Gasteiger partial charge on any atom is -0.508 e. The topological polar surface area (TPSA) is 57.5 Å². The van der Waals surface area contributed by atoms with Crippen LogP contribution < -0.4 is 0 Å². The number of carboxylic acids is 1. The van der Waals surface area contributed by atoms with E-state index in [1.165, 1.54) is 12.1 Å². The average Bonchev–Trinajstić information content (AvgIpc) is 2.04. The van der Waals surface area contributed by atoms with Crippen molar-refractivity contribution in [3.05, 3.63) is 29.8 Å². The lowest BCUT2D eigenvalue weighted by Gasteiger charge is -2.03. The molecule has 0 aliphatic carbocycles. The molecule has 0 saturated carbocycles. The third-order valence-corrected chi connectivity index (χ3v) is 2.32. The molecule has 0 saturated heterocycles. The number of hydrogen-bond donors (Lipinski definition) is 2. The van der Waals surface area contributed by atoms with Crippen LogP contribution in [0.25, 0.3) is 0 Å². The molecule has 0 spiro atoms. The molecule has 2 N–H and O–H groups in total. The van der Waals surface area contributed by atoms with Gasteiger partial charge < -0.3 is 10.2 Å². The molecule has 0 fully saturated rings. The largest absolute Gasteiger partial charge is 0.508 e. The molecule has 1 unspecified atom stereocenters. The first-order chi connectivity index (χ1) is 5.61. The number of phenolic OH excluding ortho intramolecular Hbond substituents is 1. The molecule has 0 amide bonds. The van der Waals surface area contributed by atoms with E-state index >= 15 is 0 Å². The number of carbonyl (C=O) groups is 1. The number of halogens is 1. The molecular weight excluding hydrogens is 224 g/mol. The lowest BCUT2D eigenvalue weighted by atomic mass is 10.1. The molecule has 0 radical (unpaired) electrons. The molecule has 0 aliphatic rings. The summed E-state index contributed by atoms with van der Waals surface area (Å²) in [5, 5.41) is 17.5. The number of aromatic hydroxyl groups is 1. The summed E-state index contributed by atoms with van der Waals surface area (Å²) in [7, 11) is 0. The minimum absolute atomic E-state index is 0.129. The molecule has 0 bridgehead atoms. The quantitative estimate of drug-likeness (QED) is 0.764. The van der Waals surface area contributed by atoms with E-state index in [2.05, 4.69) is 15.9 Å². The van der Waals surface area contributed by atoms with Crippen LogP contribution in [0.1, 0.15) is 10.4 Å². The van der Waals surface area contributed by atoms with Crippen LogP contribution in [0, 0.1) is 0 Å². The summed E-state index contributed by atoms with van der Waals surface area (Å²) in [5.74, 6) is -0.815. The van der Waals surface area contributed by atoms with Crippen molar-refractivity contribution in [3.63, 3.8) is 0 Å². The summed E-state index contributed by atoms with van der Waals surface area (Å²) < 4.78 is 0. The summed E-state index contributed by atoms with van der Waals surface area (Å²) in [6, 6.07) is 6.02. The monoisotopic (exact) mass is 230 g/mol. The van der Waals surface area contributed by atoms with Crippen LogP contribution in [0.15, 0.2) is 24.3 Å². The van der Waals surface area contributed by atoms with Gasteiger partial charge >= 0.3 is 5.97 Å². The average molecular weight is 231 g/mol. The molecule has 1 rings (SSSR count). The summed E-state index contributed by atoms with van der Waals surface area (Å²) in [4.78, 5) is 9.77. The van der Waals surface area contributed by atoms with Crippen LogP contribution in [0.4, 0.5) is 0 Å². The van der Waals surface area contributed by atoms with Crippen molar-refractivity contribution in [1.82, 2.24) is 0 Å². The lowest BCUT2D eigenvalue weighted by Crippen LogP contribution is -2.03. The number of benzene rings is 1. The molecule has 0 heterocycles. The predicted molar refractivity (Wildman–Crippen MR) is 47.4 cm³/mol. The highest BCUT2D eigenvalue weighted by Crippen LogP contribution is 2.24. The van der Waals surface area contributed by atoms with Gasteiger partial charge in [-0.05, 0) is 17.7 Å². The van der Waals surface area contributed by atoms with Gasteiger partial charge in [-0.1, -0.05) is 28.1 Å². The van der Waals surface area contributed by atoms with Gasteiger partial charge in [0.2, 0.25) is 0 Å². The number of aliphatic carboxylic acids is 1. The highest BCUT2D eigenvalue weighted by Gasteiger charge is 2.14. The second kappa shape index (κ2) is 3.58. The highest BCUT2D eigenvalue weighted by atomic mass is 79.9. The minimum atomic E-state index is -0.944. The van der Waals surface area contributed by atoms with Gasteiger partial charge in [-0.15, -0.1) is 0 Å². The smallest absolute Gasteiger partial charge is 0.321 e. The van der Waals surface area contributed by atoms with Crippen molar-refractivity contribution in [2.45, 2.75) is 4.83 Å². The van der Waals surface area contributed by atoms with Gasteiger partial charge in [0.25, 0.3) is 0 Å². The van der Waals surface area contributed by atoms with Crippen LogP contribution in [0.5, 0.6) is 5.75 Å². The molecule has 0 aromatic heterocycles. The van der Waals surface area contributed by atoms with Gasteiger partial charge in [0.1, 0.15) is 10.6 Å². The van der Waals surface area contributed by atoms with Crippen LogP contribution in [0.2, 0.25) is 0 Å². The highest BCUT2D eigenvalue weighted by molar-refractivity contribution is 9.09. The number of phenols is 1. The maximum Gasteiger partial charge on any atom is 0.321 e. The maximum absolute atomic E-state index is 10.5. The van der Waals surface area contributed by atoms with Crippen LogP contribution in [-0.2, 0) is 4.79 Å².